The molecule has 1 aliphatic rings. The van der Waals surface area contributed by atoms with Gasteiger partial charge in [-0.25, -0.2) is 0 Å². The van der Waals surface area contributed by atoms with Crippen LogP contribution in [0.3, 0.4) is 0 Å². The predicted octanol–water partition coefficient (Wildman–Crippen LogP) is 2.63. The van der Waals surface area contributed by atoms with Crippen LogP contribution in [0.15, 0.2) is 30.3 Å². The summed E-state index contributed by atoms with van der Waals surface area (Å²) in [6.45, 7) is 3.23. The van der Waals surface area contributed by atoms with Gasteiger partial charge in [0.05, 0.1) is 0 Å². The van der Waals surface area contributed by atoms with Crippen LogP contribution in [-0.4, -0.2) is 23.3 Å². The molecule has 0 amide bonds. The van der Waals surface area contributed by atoms with Gasteiger partial charge >= 0.3 is 0 Å². The Morgan fingerprint density at radius 3 is 2.75 bits per heavy atom. The van der Waals surface area contributed by atoms with Crippen LogP contribution in [-0.2, 0) is 11.3 Å². The number of carbonyl (C=O) groups excluding carboxylic acids is 1. The number of nitrogens with zero attached hydrogens (tertiary/aromatic N) is 1. The maximum absolute atomic E-state index is 10.6. The fraction of sp³-hybridized carbons (Fsp3) is 0.500. The Hall–Kier alpha value is -1.15. The highest BCUT2D eigenvalue weighted by Crippen LogP contribution is 2.27. The van der Waals surface area contributed by atoms with Crippen molar-refractivity contribution in [1.29, 1.82) is 0 Å². The number of hydrogen-bond donors (Lipinski definition) is 0. The van der Waals surface area contributed by atoms with Crippen LogP contribution in [0, 0.1) is 0 Å². The van der Waals surface area contributed by atoms with Crippen molar-refractivity contribution in [2.24, 2.45) is 0 Å². The quantitative estimate of drug-likeness (QED) is 0.723. The second-order valence-corrected chi connectivity index (χ2v) is 4.64. The van der Waals surface area contributed by atoms with E-state index in [9.17, 15) is 4.79 Å². The molecule has 1 heterocycles. The monoisotopic (exact) mass is 217 g/mol. The molecule has 0 saturated carbocycles. The normalized spacial score (nSPS) is 25.8. The summed E-state index contributed by atoms with van der Waals surface area (Å²) < 4.78 is 0. The summed E-state index contributed by atoms with van der Waals surface area (Å²) in [5.41, 5.74) is 1.34. The Labute approximate surface area is 97.3 Å². The fourth-order valence-electron chi connectivity index (χ4n) is 2.57. The van der Waals surface area contributed by atoms with Crippen LogP contribution >= 0.6 is 0 Å². The molecule has 1 aliphatic heterocycles. The average Bonchev–Trinajstić information content (AvgIpc) is 2.64. The minimum atomic E-state index is 0.452. The van der Waals surface area contributed by atoms with Crippen molar-refractivity contribution in [3.05, 3.63) is 35.9 Å². The molecule has 1 saturated heterocycles. The van der Waals surface area contributed by atoms with E-state index in [0.717, 1.165) is 19.3 Å². The second-order valence-electron chi connectivity index (χ2n) is 4.64. The van der Waals surface area contributed by atoms with Crippen LogP contribution in [0.2, 0.25) is 0 Å². The molecule has 86 valence electrons. The van der Waals surface area contributed by atoms with Crippen LogP contribution in [0.5, 0.6) is 0 Å². The highest BCUT2D eigenvalue weighted by Gasteiger charge is 2.29. The second kappa shape index (κ2) is 5.26. The van der Waals surface area contributed by atoms with Crippen molar-refractivity contribution in [1.82, 2.24) is 4.90 Å². The molecule has 0 radical (unpaired) electrons. The molecule has 2 heteroatoms. The summed E-state index contributed by atoms with van der Waals surface area (Å²) >= 11 is 0. The molecule has 0 N–H and O–H groups in total. The van der Waals surface area contributed by atoms with Crippen molar-refractivity contribution >= 4 is 6.29 Å². The van der Waals surface area contributed by atoms with Gasteiger partial charge in [0, 0.05) is 25.0 Å². The molecule has 1 aromatic carbocycles. The van der Waals surface area contributed by atoms with E-state index in [0.29, 0.717) is 18.5 Å². The number of aldehydes is 1. The molecule has 2 atom stereocenters. The van der Waals surface area contributed by atoms with E-state index in [4.69, 9.17) is 0 Å². The van der Waals surface area contributed by atoms with Crippen molar-refractivity contribution < 1.29 is 4.79 Å². The summed E-state index contributed by atoms with van der Waals surface area (Å²) in [7, 11) is 0. The first-order chi connectivity index (χ1) is 7.81. The highest BCUT2D eigenvalue weighted by molar-refractivity contribution is 5.50. The SMILES string of the molecule is CC1CCC(CC=O)N1Cc1ccccc1. The Balaban J connectivity index is 2.04. The van der Waals surface area contributed by atoms with Gasteiger partial charge in [-0.15, -0.1) is 0 Å². The lowest BCUT2D eigenvalue weighted by Gasteiger charge is -2.27. The standard InChI is InChI=1S/C14H19NO/c1-12-7-8-14(9-10-16)15(12)11-13-5-3-2-4-6-13/h2-6,10,12,14H,7-9,11H2,1H3. The largest absolute Gasteiger partial charge is 0.303 e. The van der Waals surface area contributed by atoms with Crippen LogP contribution in [0.4, 0.5) is 0 Å². The first-order valence-corrected chi connectivity index (χ1v) is 6.04. The number of carbonyl (C=O) groups is 1. The summed E-state index contributed by atoms with van der Waals surface area (Å²) in [6.07, 6.45) is 4.11. The van der Waals surface area contributed by atoms with Gasteiger partial charge < -0.3 is 4.79 Å². The predicted molar refractivity (Wildman–Crippen MR) is 65.2 cm³/mol. The summed E-state index contributed by atoms with van der Waals surface area (Å²) in [6, 6.07) is 11.6. The van der Waals surface area contributed by atoms with E-state index in [1.807, 2.05) is 6.07 Å². The van der Waals surface area contributed by atoms with Gasteiger partial charge in [0.15, 0.2) is 0 Å². The van der Waals surface area contributed by atoms with Crippen LogP contribution in [0.1, 0.15) is 31.7 Å². The van der Waals surface area contributed by atoms with Gasteiger partial charge in [-0.2, -0.15) is 0 Å². The fourth-order valence-corrected chi connectivity index (χ4v) is 2.57. The molecular formula is C14H19NO. The van der Waals surface area contributed by atoms with Gasteiger partial charge in [-0.3, -0.25) is 4.90 Å². The van der Waals surface area contributed by atoms with Crippen molar-refractivity contribution in [2.45, 2.75) is 44.8 Å². The molecule has 2 rings (SSSR count). The lowest BCUT2D eigenvalue weighted by molar-refractivity contribution is -0.108. The molecule has 1 fully saturated rings. The number of hydrogen-bond acceptors (Lipinski definition) is 2. The van der Waals surface area contributed by atoms with E-state index >= 15 is 0 Å². The van der Waals surface area contributed by atoms with Crippen molar-refractivity contribution in [2.75, 3.05) is 0 Å². The molecule has 16 heavy (non-hydrogen) atoms. The summed E-state index contributed by atoms with van der Waals surface area (Å²) in [5, 5.41) is 0. The van der Waals surface area contributed by atoms with Gasteiger partial charge in [0.25, 0.3) is 0 Å². The molecule has 0 spiro atoms. The van der Waals surface area contributed by atoms with Crippen LogP contribution in [0.25, 0.3) is 0 Å². The van der Waals surface area contributed by atoms with E-state index in [1.54, 1.807) is 0 Å². The van der Waals surface area contributed by atoms with Crippen molar-refractivity contribution in [3.63, 3.8) is 0 Å². The first-order valence-electron chi connectivity index (χ1n) is 6.04. The van der Waals surface area contributed by atoms with E-state index < -0.39 is 0 Å². The van der Waals surface area contributed by atoms with Gasteiger partial charge in [-0.1, -0.05) is 30.3 Å². The van der Waals surface area contributed by atoms with Crippen LogP contribution < -0.4 is 0 Å². The lowest BCUT2D eigenvalue weighted by atomic mass is 10.1. The maximum Gasteiger partial charge on any atom is 0.121 e. The van der Waals surface area contributed by atoms with E-state index in [2.05, 4.69) is 36.1 Å². The zero-order chi connectivity index (χ0) is 11.4. The van der Waals surface area contributed by atoms with E-state index in [-0.39, 0.29) is 0 Å². The maximum atomic E-state index is 10.6. The highest BCUT2D eigenvalue weighted by atomic mass is 16.1. The molecule has 1 aromatic rings. The lowest BCUT2D eigenvalue weighted by Crippen LogP contribution is -2.34. The van der Waals surface area contributed by atoms with Gasteiger partial charge in [0.2, 0.25) is 0 Å². The Morgan fingerprint density at radius 1 is 1.31 bits per heavy atom. The minimum absolute atomic E-state index is 0.452. The van der Waals surface area contributed by atoms with Gasteiger partial charge in [-0.05, 0) is 25.3 Å². The Morgan fingerprint density at radius 2 is 2.06 bits per heavy atom. The molecule has 0 bridgehead atoms. The smallest absolute Gasteiger partial charge is 0.121 e. The minimum Gasteiger partial charge on any atom is -0.303 e. The number of likely N-dealkylation sites (tertiary alicyclic amines) is 1. The van der Waals surface area contributed by atoms with E-state index in [1.165, 1.54) is 12.0 Å². The molecular weight excluding hydrogens is 198 g/mol. The summed E-state index contributed by atoms with van der Waals surface area (Å²) in [5.74, 6) is 0. The zero-order valence-electron chi connectivity index (χ0n) is 9.80. The van der Waals surface area contributed by atoms with Crippen molar-refractivity contribution in [3.8, 4) is 0 Å². The third kappa shape index (κ3) is 2.50. The molecule has 0 aliphatic carbocycles. The molecule has 2 unspecified atom stereocenters. The topological polar surface area (TPSA) is 20.3 Å². The number of benzene rings is 1. The number of rotatable bonds is 4. The zero-order valence-corrected chi connectivity index (χ0v) is 9.80. The van der Waals surface area contributed by atoms with Gasteiger partial charge in [0.1, 0.15) is 6.29 Å². The third-order valence-corrected chi connectivity index (χ3v) is 3.53. The first kappa shape index (κ1) is 11.3. The Bertz CT molecular complexity index is 336. The molecule has 0 aromatic heterocycles. The third-order valence-electron chi connectivity index (χ3n) is 3.53. The summed E-state index contributed by atoms with van der Waals surface area (Å²) in [4.78, 5) is 13.1. The Kier molecular flexibility index (Phi) is 3.73. The molecule has 2 nitrogen and oxygen atoms in total. The average molecular weight is 217 g/mol.